The van der Waals surface area contributed by atoms with Gasteiger partial charge in [0.05, 0.1) is 0 Å². The van der Waals surface area contributed by atoms with E-state index in [-0.39, 0.29) is 0 Å². The van der Waals surface area contributed by atoms with Gasteiger partial charge in [-0.25, -0.2) is 15.0 Å². The molecule has 0 bridgehead atoms. The van der Waals surface area contributed by atoms with Crippen LogP contribution in [0.15, 0.2) is 197 Å². The number of aromatic nitrogens is 3. The monoisotopic (exact) mass is 717 g/mol. The first-order chi connectivity index (χ1) is 27.7. The second-order valence-corrected chi connectivity index (χ2v) is 14.0. The fourth-order valence-electron chi connectivity index (χ4n) is 7.74. The van der Waals surface area contributed by atoms with E-state index in [1.54, 1.807) is 0 Å². The normalized spacial score (nSPS) is 11.6. The number of para-hydroxylation sites is 1. The third-order valence-corrected chi connectivity index (χ3v) is 10.5. The Bertz CT molecular complexity index is 3180. The number of hydrogen-bond acceptors (Lipinski definition) is 5. The molecule has 3 heterocycles. The summed E-state index contributed by atoms with van der Waals surface area (Å²) in [4.78, 5) is 14.7. The Balaban J connectivity index is 1.05. The molecule has 262 valence electrons. The molecular formula is C51H31N3O2. The maximum Gasteiger partial charge on any atom is 0.164 e. The van der Waals surface area contributed by atoms with E-state index in [2.05, 4.69) is 109 Å². The van der Waals surface area contributed by atoms with Gasteiger partial charge < -0.3 is 8.83 Å². The van der Waals surface area contributed by atoms with E-state index < -0.39 is 0 Å². The topological polar surface area (TPSA) is 65.0 Å². The molecule has 11 rings (SSSR count). The number of nitrogens with zero attached hydrogens (tertiary/aromatic N) is 3. The lowest BCUT2D eigenvalue weighted by Gasteiger charge is -2.10. The summed E-state index contributed by atoms with van der Waals surface area (Å²) in [7, 11) is 0. The highest BCUT2D eigenvalue weighted by Gasteiger charge is 2.18. The van der Waals surface area contributed by atoms with Gasteiger partial charge in [-0.1, -0.05) is 140 Å². The van der Waals surface area contributed by atoms with E-state index in [4.69, 9.17) is 23.8 Å². The van der Waals surface area contributed by atoms with Gasteiger partial charge in [-0.15, -0.1) is 0 Å². The molecular weight excluding hydrogens is 687 g/mol. The highest BCUT2D eigenvalue weighted by Crippen LogP contribution is 2.42. The predicted molar refractivity (Wildman–Crippen MR) is 227 cm³/mol. The Hall–Kier alpha value is -7.63. The summed E-state index contributed by atoms with van der Waals surface area (Å²) in [5.74, 6) is 1.82. The van der Waals surface area contributed by atoms with Gasteiger partial charge in [-0.2, -0.15) is 0 Å². The number of hydrogen-bond donors (Lipinski definition) is 0. The second-order valence-electron chi connectivity index (χ2n) is 14.0. The van der Waals surface area contributed by atoms with Crippen molar-refractivity contribution in [2.24, 2.45) is 0 Å². The van der Waals surface area contributed by atoms with E-state index in [1.165, 1.54) is 11.1 Å². The molecule has 0 unspecified atom stereocenters. The molecule has 5 nitrogen and oxygen atoms in total. The van der Waals surface area contributed by atoms with Crippen LogP contribution >= 0.6 is 0 Å². The predicted octanol–water partition coefficient (Wildman–Crippen LogP) is 13.7. The highest BCUT2D eigenvalue weighted by molar-refractivity contribution is 6.13. The SMILES string of the molecule is c1ccc(-c2cccc(-c3cc(-c4ccc5oc6cc(-c7nc(-c8ccccc8)nc(-c8ccccc8)n7)ccc6c5c4)c4oc5ccccc5c4c3)c2)cc1. The van der Waals surface area contributed by atoms with Crippen molar-refractivity contribution in [3.63, 3.8) is 0 Å². The minimum Gasteiger partial charge on any atom is -0.456 e. The van der Waals surface area contributed by atoms with Crippen LogP contribution in [-0.4, -0.2) is 15.0 Å². The van der Waals surface area contributed by atoms with Crippen LogP contribution in [0.3, 0.4) is 0 Å². The van der Waals surface area contributed by atoms with Gasteiger partial charge in [0.2, 0.25) is 0 Å². The zero-order valence-corrected chi connectivity index (χ0v) is 30.1. The Kier molecular flexibility index (Phi) is 7.42. The van der Waals surface area contributed by atoms with Gasteiger partial charge in [-0.3, -0.25) is 0 Å². The summed E-state index contributed by atoms with van der Waals surface area (Å²) in [6.45, 7) is 0. The summed E-state index contributed by atoms with van der Waals surface area (Å²) < 4.78 is 13.1. The third kappa shape index (κ3) is 5.53. The van der Waals surface area contributed by atoms with Crippen molar-refractivity contribution < 1.29 is 8.83 Å². The zero-order valence-electron chi connectivity index (χ0n) is 30.1. The van der Waals surface area contributed by atoms with Crippen LogP contribution in [0.4, 0.5) is 0 Å². The quantitative estimate of drug-likeness (QED) is 0.171. The van der Waals surface area contributed by atoms with E-state index in [0.29, 0.717) is 17.5 Å². The van der Waals surface area contributed by atoms with Crippen LogP contribution in [0.5, 0.6) is 0 Å². The molecule has 0 amide bonds. The van der Waals surface area contributed by atoms with Crippen molar-refractivity contribution >= 4 is 43.9 Å². The summed E-state index contributed by atoms with van der Waals surface area (Å²) in [6.07, 6.45) is 0. The molecule has 3 aromatic heterocycles. The molecule has 8 aromatic carbocycles. The van der Waals surface area contributed by atoms with E-state index in [9.17, 15) is 0 Å². The second kappa shape index (κ2) is 13.0. The summed E-state index contributed by atoms with van der Waals surface area (Å²) in [5, 5.41) is 4.22. The molecule has 0 aliphatic heterocycles. The van der Waals surface area contributed by atoms with E-state index in [1.807, 2.05) is 78.9 Å². The number of furan rings is 2. The maximum atomic E-state index is 6.61. The van der Waals surface area contributed by atoms with Gasteiger partial charge in [0.25, 0.3) is 0 Å². The number of rotatable bonds is 6. The largest absolute Gasteiger partial charge is 0.456 e. The van der Waals surface area contributed by atoms with Crippen LogP contribution in [0, 0.1) is 0 Å². The first kappa shape index (κ1) is 31.9. The van der Waals surface area contributed by atoms with Gasteiger partial charge in [0, 0.05) is 43.8 Å². The van der Waals surface area contributed by atoms with Crippen molar-refractivity contribution in [3.05, 3.63) is 188 Å². The molecule has 0 aliphatic rings. The first-order valence-electron chi connectivity index (χ1n) is 18.7. The summed E-state index contributed by atoms with van der Waals surface area (Å²) in [6, 6.07) is 64.7. The van der Waals surface area contributed by atoms with Gasteiger partial charge in [0.15, 0.2) is 17.5 Å². The molecule has 0 spiro atoms. The van der Waals surface area contributed by atoms with Crippen molar-refractivity contribution in [2.75, 3.05) is 0 Å². The molecule has 0 atom stereocenters. The van der Waals surface area contributed by atoms with Crippen LogP contribution in [0.25, 0.3) is 111 Å². The standard InChI is InChI=1S/C51H31N3O2/c1-4-13-32(14-5-1)35-19-12-20-36(27-35)39-29-42(48-44(30-39)40-21-10-11-22-45(40)56-48)37-24-26-46-43(28-37)41-25-23-38(31-47(41)55-46)51-53-49(33-15-6-2-7-16-33)52-50(54-51)34-17-8-3-9-18-34/h1-31H. The van der Waals surface area contributed by atoms with Gasteiger partial charge >= 0.3 is 0 Å². The smallest absolute Gasteiger partial charge is 0.164 e. The molecule has 0 N–H and O–H groups in total. The van der Waals surface area contributed by atoms with Crippen LogP contribution < -0.4 is 0 Å². The summed E-state index contributed by atoms with van der Waals surface area (Å²) in [5.41, 5.74) is 12.7. The lowest BCUT2D eigenvalue weighted by Crippen LogP contribution is -2.00. The Labute approximate surface area is 322 Å². The average Bonchev–Trinajstić information content (AvgIpc) is 3.84. The number of fused-ring (bicyclic) bond motifs is 6. The molecule has 0 saturated carbocycles. The van der Waals surface area contributed by atoms with Crippen LogP contribution in [-0.2, 0) is 0 Å². The zero-order chi connectivity index (χ0) is 37.0. The third-order valence-electron chi connectivity index (χ3n) is 10.5. The average molecular weight is 718 g/mol. The number of benzene rings is 8. The maximum absolute atomic E-state index is 6.61. The van der Waals surface area contributed by atoms with Crippen molar-refractivity contribution in [1.29, 1.82) is 0 Å². The van der Waals surface area contributed by atoms with Crippen LogP contribution in [0.2, 0.25) is 0 Å². The first-order valence-corrected chi connectivity index (χ1v) is 18.7. The Morgan fingerprint density at radius 1 is 0.268 bits per heavy atom. The lowest BCUT2D eigenvalue weighted by molar-refractivity contribution is 0.668. The Morgan fingerprint density at radius 3 is 1.52 bits per heavy atom. The molecule has 5 heteroatoms. The molecule has 11 aromatic rings. The van der Waals surface area contributed by atoms with E-state index in [0.717, 1.165) is 82.8 Å². The van der Waals surface area contributed by atoms with Crippen molar-refractivity contribution in [2.45, 2.75) is 0 Å². The van der Waals surface area contributed by atoms with E-state index >= 15 is 0 Å². The molecule has 56 heavy (non-hydrogen) atoms. The summed E-state index contributed by atoms with van der Waals surface area (Å²) >= 11 is 0. The van der Waals surface area contributed by atoms with Gasteiger partial charge in [-0.05, 0) is 76.3 Å². The van der Waals surface area contributed by atoms with Crippen LogP contribution in [0.1, 0.15) is 0 Å². The fourth-order valence-corrected chi connectivity index (χ4v) is 7.74. The van der Waals surface area contributed by atoms with Crippen molar-refractivity contribution in [1.82, 2.24) is 15.0 Å². The molecule has 0 fully saturated rings. The molecule has 0 aliphatic carbocycles. The van der Waals surface area contributed by atoms with Crippen molar-refractivity contribution in [3.8, 4) is 67.5 Å². The highest BCUT2D eigenvalue weighted by atomic mass is 16.3. The minimum atomic E-state index is 0.584. The lowest BCUT2D eigenvalue weighted by atomic mass is 9.93. The molecule has 0 radical (unpaired) electrons. The molecule has 0 saturated heterocycles. The minimum absolute atomic E-state index is 0.584. The van der Waals surface area contributed by atoms with Gasteiger partial charge in [0.1, 0.15) is 22.3 Å². The fraction of sp³-hybridized carbons (Fsp3) is 0. The Morgan fingerprint density at radius 2 is 0.804 bits per heavy atom.